The van der Waals surface area contributed by atoms with Gasteiger partial charge in [-0.2, -0.15) is 0 Å². The summed E-state index contributed by atoms with van der Waals surface area (Å²) in [5.41, 5.74) is 3.94. The maximum absolute atomic E-state index is 13.4. The third-order valence-corrected chi connectivity index (χ3v) is 6.85. The van der Waals surface area contributed by atoms with Gasteiger partial charge in [0.2, 0.25) is 0 Å². The Hall–Kier alpha value is -3.55. The van der Waals surface area contributed by atoms with Gasteiger partial charge in [-0.3, -0.25) is 4.79 Å². The lowest BCUT2D eigenvalue weighted by molar-refractivity contribution is -0.137. The Balaban J connectivity index is 1.47. The Bertz CT molecular complexity index is 1100. The number of hydrogen-bond donors (Lipinski definition) is 1. The second-order valence-electron chi connectivity index (χ2n) is 10.7. The van der Waals surface area contributed by atoms with E-state index in [0.29, 0.717) is 25.9 Å². The first kappa shape index (κ1) is 26.5. The summed E-state index contributed by atoms with van der Waals surface area (Å²) in [6, 6.07) is 16.0. The van der Waals surface area contributed by atoms with E-state index in [4.69, 9.17) is 14.6 Å². The normalized spacial score (nSPS) is 17.1. The van der Waals surface area contributed by atoms with E-state index in [-0.39, 0.29) is 31.5 Å². The second kappa shape index (κ2) is 11.2. The molecule has 2 aromatic rings. The summed E-state index contributed by atoms with van der Waals surface area (Å²) >= 11 is 0. The van der Waals surface area contributed by atoms with Crippen molar-refractivity contribution in [3.05, 3.63) is 59.7 Å². The maximum Gasteiger partial charge on any atom is 0.410 e. The van der Waals surface area contributed by atoms with E-state index in [1.807, 2.05) is 45.0 Å². The third kappa shape index (κ3) is 6.42. The summed E-state index contributed by atoms with van der Waals surface area (Å²) in [5.74, 6) is -0.978. The first-order valence-electron chi connectivity index (χ1n) is 13.0. The Morgan fingerprint density at radius 1 is 1.03 bits per heavy atom. The van der Waals surface area contributed by atoms with Gasteiger partial charge in [0, 0.05) is 32.0 Å². The van der Waals surface area contributed by atoms with Crippen LogP contribution in [-0.2, 0) is 14.3 Å². The van der Waals surface area contributed by atoms with E-state index in [1.165, 1.54) is 0 Å². The Labute approximate surface area is 218 Å². The minimum Gasteiger partial charge on any atom is -0.481 e. The van der Waals surface area contributed by atoms with Gasteiger partial charge in [0.05, 0.1) is 6.04 Å². The van der Waals surface area contributed by atoms with Crippen molar-refractivity contribution in [2.75, 3.05) is 26.2 Å². The van der Waals surface area contributed by atoms with Gasteiger partial charge in [0.15, 0.2) is 0 Å². The molecule has 0 aromatic heterocycles. The number of carboxylic acid groups (broad SMARTS) is 1. The van der Waals surface area contributed by atoms with Gasteiger partial charge in [0.1, 0.15) is 12.2 Å². The maximum atomic E-state index is 13.4. The number of rotatable bonds is 7. The number of piperidine rings is 1. The number of hydrogen-bond acceptors (Lipinski definition) is 5. The predicted molar refractivity (Wildman–Crippen MR) is 139 cm³/mol. The van der Waals surface area contributed by atoms with Gasteiger partial charge in [0.25, 0.3) is 0 Å². The van der Waals surface area contributed by atoms with Gasteiger partial charge >= 0.3 is 18.2 Å². The molecule has 1 unspecified atom stereocenters. The number of nitrogens with zero attached hydrogens (tertiary/aromatic N) is 2. The van der Waals surface area contributed by atoms with E-state index in [1.54, 1.807) is 9.80 Å². The van der Waals surface area contributed by atoms with Crippen LogP contribution >= 0.6 is 0 Å². The number of benzene rings is 2. The summed E-state index contributed by atoms with van der Waals surface area (Å²) in [6.07, 6.45) is 0.795. The van der Waals surface area contributed by atoms with Crippen LogP contribution in [0, 0.1) is 0 Å². The lowest BCUT2D eigenvalue weighted by Gasteiger charge is -2.39. The molecular weight excluding hydrogens is 472 g/mol. The molecule has 2 aliphatic rings. The molecule has 1 atom stereocenters. The molecule has 8 nitrogen and oxygen atoms in total. The van der Waals surface area contributed by atoms with Crippen LogP contribution < -0.4 is 0 Å². The molecule has 0 bridgehead atoms. The predicted octanol–water partition coefficient (Wildman–Crippen LogP) is 5.50. The lowest BCUT2D eigenvalue weighted by atomic mass is 9.98. The average Bonchev–Trinajstić information content (AvgIpc) is 3.18. The van der Waals surface area contributed by atoms with Crippen molar-refractivity contribution in [3.63, 3.8) is 0 Å². The summed E-state index contributed by atoms with van der Waals surface area (Å²) in [5, 5.41) is 9.13. The van der Waals surface area contributed by atoms with Crippen molar-refractivity contribution in [3.8, 4) is 11.1 Å². The van der Waals surface area contributed by atoms with Crippen LogP contribution in [0.4, 0.5) is 9.59 Å². The summed E-state index contributed by atoms with van der Waals surface area (Å²) in [7, 11) is 0. The molecule has 4 rings (SSSR count). The van der Waals surface area contributed by atoms with Gasteiger partial charge < -0.3 is 24.4 Å². The fourth-order valence-corrected chi connectivity index (χ4v) is 5.20. The average molecular weight is 509 g/mol. The standard InChI is InChI=1S/C29H36N2O6/c1-29(2,3)37-27(34)30-16-8-10-20(18-30)31(17-9-15-26(32)33)28(35)36-19-25-23-13-6-4-11-21(23)22-12-5-7-14-24(22)25/h4-7,11-14,20,25H,8-10,15-19H2,1-3H3,(H,32,33). The molecule has 0 spiro atoms. The van der Waals surface area contributed by atoms with Gasteiger partial charge in [-0.25, -0.2) is 9.59 Å². The van der Waals surface area contributed by atoms with Gasteiger partial charge in [-0.15, -0.1) is 0 Å². The number of carbonyl (C=O) groups excluding carboxylic acids is 2. The molecule has 1 aliphatic heterocycles. The van der Waals surface area contributed by atoms with Crippen LogP contribution in [0.1, 0.15) is 63.5 Å². The van der Waals surface area contributed by atoms with Crippen molar-refractivity contribution in [1.29, 1.82) is 0 Å². The van der Waals surface area contributed by atoms with Gasteiger partial charge in [-0.1, -0.05) is 48.5 Å². The number of aliphatic carboxylic acids is 1. The molecule has 1 saturated heterocycles. The number of ether oxygens (including phenoxy) is 2. The molecule has 2 amide bonds. The van der Waals surface area contributed by atoms with Gasteiger partial charge in [-0.05, 0) is 62.3 Å². The van der Waals surface area contributed by atoms with Crippen LogP contribution in [-0.4, -0.2) is 70.9 Å². The zero-order chi connectivity index (χ0) is 26.6. The van der Waals surface area contributed by atoms with Crippen molar-refractivity contribution in [2.45, 2.75) is 64.0 Å². The highest BCUT2D eigenvalue weighted by molar-refractivity contribution is 5.79. The monoisotopic (exact) mass is 508 g/mol. The van der Waals surface area contributed by atoms with Crippen molar-refractivity contribution in [1.82, 2.24) is 9.80 Å². The SMILES string of the molecule is CC(C)(C)OC(=O)N1CCCC(N(CCCC(=O)O)C(=O)OCC2c3ccccc3-c3ccccc32)C1. The molecule has 1 heterocycles. The Morgan fingerprint density at radius 3 is 2.24 bits per heavy atom. The molecule has 8 heteroatoms. The number of fused-ring (bicyclic) bond motifs is 3. The number of likely N-dealkylation sites (tertiary alicyclic amines) is 1. The number of carboxylic acids is 1. The lowest BCUT2D eigenvalue weighted by Crippen LogP contribution is -2.53. The Kier molecular flexibility index (Phi) is 8.05. The molecule has 1 fully saturated rings. The van der Waals surface area contributed by atoms with Crippen LogP contribution in [0.25, 0.3) is 11.1 Å². The molecule has 1 aliphatic carbocycles. The van der Waals surface area contributed by atoms with E-state index >= 15 is 0 Å². The van der Waals surface area contributed by atoms with E-state index in [9.17, 15) is 14.4 Å². The zero-order valence-corrected chi connectivity index (χ0v) is 21.8. The van der Waals surface area contributed by atoms with E-state index in [2.05, 4.69) is 24.3 Å². The van der Waals surface area contributed by atoms with Crippen molar-refractivity contribution < 1.29 is 29.0 Å². The summed E-state index contributed by atoms with van der Waals surface area (Å²) in [4.78, 5) is 40.5. The molecular formula is C29H36N2O6. The largest absolute Gasteiger partial charge is 0.481 e. The zero-order valence-electron chi connectivity index (χ0n) is 21.8. The quantitative estimate of drug-likeness (QED) is 0.530. The summed E-state index contributed by atoms with van der Waals surface area (Å²) in [6.45, 7) is 6.77. The van der Waals surface area contributed by atoms with Crippen LogP contribution in [0.3, 0.4) is 0 Å². The van der Waals surface area contributed by atoms with Crippen molar-refractivity contribution in [2.24, 2.45) is 0 Å². The first-order chi connectivity index (χ1) is 17.6. The fraction of sp³-hybridized carbons (Fsp3) is 0.483. The molecule has 1 N–H and O–H groups in total. The van der Waals surface area contributed by atoms with Crippen LogP contribution in [0.2, 0.25) is 0 Å². The fourth-order valence-electron chi connectivity index (χ4n) is 5.20. The number of carbonyl (C=O) groups is 3. The first-order valence-corrected chi connectivity index (χ1v) is 13.0. The van der Waals surface area contributed by atoms with E-state index in [0.717, 1.165) is 28.7 Å². The highest BCUT2D eigenvalue weighted by Crippen LogP contribution is 2.44. The minimum atomic E-state index is -0.911. The topological polar surface area (TPSA) is 96.4 Å². The minimum absolute atomic E-state index is 0.0460. The molecule has 0 radical (unpaired) electrons. The molecule has 37 heavy (non-hydrogen) atoms. The molecule has 0 saturated carbocycles. The molecule has 198 valence electrons. The smallest absolute Gasteiger partial charge is 0.410 e. The van der Waals surface area contributed by atoms with E-state index < -0.39 is 23.8 Å². The summed E-state index contributed by atoms with van der Waals surface area (Å²) < 4.78 is 11.4. The van der Waals surface area contributed by atoms with Crippen LogP contribution in [0.15, 0.2) is 48.5 Å². The third-order valence-electron chi connectivity index (χ3n) is 6.85. The highest BCUT2D eigenvalue weighted by Gasteiger charge is 2.35. The highest BCUT2D eigenvalue weighted by atomic mass is 16.6. The molecule has 2 aromatic carbocycles. The Morgan fingerprint density at radius 2 is 1.65 bits per heavy atom. The number of amides is 2. The van der Waals surface area contributed by atoms with Crippen molar-refractivity contribution >= 4 is 18.2 Å². The second-order valence-corrected chi connectivity index (χ2v) is 10.7. The van der Waals surface area contributed by atoms with Crippen LogP contribution in [0.5, 0.6) is 0 Å².